The van der Waals surface area contributed by atoms with Crippen LogP contribution in [0.5, 0.6) is 5.75 Å². The maximum Gasteiger partial charge on any atom is 0.252 e. The fourth-order valence-electron chi connectivity index (χ4n) is 4.66. The molecular weight excluding hydrogens is 562 g/mol. The van der Waals surface area contributed by atoms with Crippen LogP contribution in [0.25, 0.3) is 10.4 Å². The zero-order chi connectivity index (χ0) is 29.9. The lowest BCUT2D eigenvalue weighted by Gasteiger charge is -2.24. The molecule has 0 bridgehead atoms. The fraction of sp³-hybridized carbons (Fsp3) is 0.212. The van der Waals surface area contributed by atoms with Crippen LogP contribution >= 0.6 is 11.8 Å². The molecule has 2 N–H and O–H groups in total. The minimum absolute atomic E-state index is 0.0218. The van der Waals surface area contributed by atoms with Gasteiger partial charge in [0.2, 0.25) is 5.90 Å². The highest BCUT2D eigenvalue weighted by Gasteiger charge is 2.44. The summed E-state index contributed by atoms with van der Waals surface area (Å²) in [5.41, 5.74) is 10.6. The third-order valence-electron chi connectivity index (χ3n) is 6.87. The second-order valence-corrected chi connectivity index (χ2v) is 11.0. The average Bonchev–Trinajstić information content (AvgIpc) is 3.48. The Morgan fingerprint density at radius 3 is 2.49 bits per heavy atom. The van der Waals surface area contributed by atoms with Crippen LogP contribution in [0.4, 0.5) is 5.69 Å². The van der Waals surface area contributed by atoms with Gasteiger partial charge in [-0.15, -0.1) is 0 Å². The molecule has 1 amide bonds. The van der Waals surface area contributed by atoms with E-state index in [1.165, 1.54) is 0 Å². The number of amides is 1. The molecule has 4 aromatic rings. The summed E-state index contributed by atoms with van der Waals surface area (Å²) in [6, 6.07) is 32.5. The van der Waals surface area contributed by atoms with Gasteiger partial charge in [-0.1, -0.05) is 77.5 Å². The summed E-state index contributed by atoms with van der Waals surface area (Å²) < 4.78 is 11.7. The molecule has 0 saturated carbocycles. The van der Waals surface area contributed by atoms with E-state index in [2.05, 4.69) is 27.5 Å². The van der Waals surface area contributed by atoms with E-state index >= 15 is 0 Å². The number of carbonyl (C=O) groups excluding carboxylic acids is 1. The van der Waals surface area contributed by atoms with Gasteiger partial charge in [-0.2, -0.15) is 0 Å². The van der Waals surface area contributed by atoms with E-state index in [9.17, 15) is 4.79 Å². The van der Waals surface area contributed by atoms with Gasteiger partial charge in [0.25, 0.3) is 5.91 Å². The van der Waals surface area contributed by atoms with E-state index in [1.807, 2.05) is 66.7 Å². The topological polar surface area (TPSA) is 129 Å². The number of rotatable bonds is 13. The van der Waals surface area contributed by atoms with Crippen LogP contribution in [0.1, 0.15) is 23.1 Å². The van der Waals surface area contributed by atoms with E-state index in [1.54, 1.807) is 36.0 Å². The quantitative estimate of drug-likeness (QED) is 0.0780. The molecule has 218 valence electrons. The molecule has 0 aliphatic carbocycles. The van der Waals surface area contributed by atoms with Crippen LogP contribution in [0.15, 0.2) is 123 Å². The first-order chi connectivity index (χ1) is 21.1. The molecule has 1 atom stereocenters. The van der Waals surface area contributed by atoms with E-state index in [0.717, 1.165) is 15.4 Å². The van der Waals surface area contributed by atoms with Crippen LogP contribution in [0.2, 0.25) is 0 Å². The van der Waals surface area contributed by atoms with Crippen molar-refractivity contribution in [3.8, 4) is 5.75 Å². The number of ether oxygens (including phenoxy) is 2. The van der Waals surface area contributed by atoms with Gasteiger partial charge in [-0.3, -0.25) is 4.79 Å². The third-order valence-corrected chi connectivity index (χ3v) is 7.99. The largest absolute Gasteiger partial charge is 0.494 e. The summed E-state index contributed by atoms with van der Waals surface area (Å²) in [7, 11) is 0. The molecule has 0 spiro atoms. The van der Waals surface area contributed by atoms with Crippen LogP contribution in [-0.2, 0) is 22.5 Å². The lowest BCUT2D eigenvalue weighted by Crippen LogP contribution is -2.48. The van der Waals surface area contributed by atoms with Gasteiger partial charge in [0.1, 0.15) is 12.4 Å². The van der Waals surface area contributed by atoms with Crippen molar-refractivity contribution in [1.29, 1.82) is 0 Å². The van der Waals surface area contributed by atoms with E-state index in [4.69, 9.17) is 25.1 Å². The van der Waals surface area contributed by atoms with Crippen LogP contribution in [-0.4, -0.2) is 42.3 Å². The second kappa shape index (κ2) is 14.4. The van der Waals surface area contributed by atoms with Gasteiger partial charge in [0.15, 0.2) is 5.54 Å². The molecule has 9 nitrogen and oxygen atoms in total. The molecule has 1 heterocycles. The zero-order valence-electron chi connectivity index (χ0n) is 23.4. The number of azide groups is 1. The van der Waals surface area contributed by atoms with Crippen molar-refractivity contribution in [1.82, 2.24) is 5.32 Å². The molecule has 0 saturated heterocycles. The number of nitrogens with one attached hydrogen (secondary N) is 1. The molecule has 43 heavy (non-hydrogen) atoms. The standard InChI is InChI=1S/C33H31N5O4S/c34-38-37-29-13-6-4-9-25(29)21-33(23-42-31(36-33)24-15-17-27(18-16-24)41-20-8-19-39)32(40)35-22-26-10-5-7-14-30(26)43-28-11-2-1-3-12-28/h1-7,9-18,39H,8,19-23H2,(H,35,40)/t33-/m1/s1. The maximum absolute atomic E-state index is 14.0. The lowest BCUT2D eigenvalue weighted by atomic mass is 9.90. The summed E-state index contributed by atoms with van der Waals surface area (Å²) >= 11 is 1.64. The molecule has 0 fully saturated rings. The number of nitrogens with zero attached hydrogens (tertiary/aromatic N) is 4. The minimum atomic E-state index is -1.28. The average molecular weight is 594 g/mol. The molecule has 0 unspecified atom stereocenters. The normalized spacial score (nSPS) is 15.6. The van der Waals surface area contributed by atoms with Gasteiger partial charge in [0.05, 0.1) is 6.61 Å². The smallest absolute Gasteiger partial charge is 0.252 e. The van der Waals surface area contributed by atoms with Gasteiger partial charge in [-0.05, 0) is 59.1 Å². The minimum Gasteiger partial charge on any atom is -0.494 e. The summed E-state index contributed by atoms with van der Waals surface area (Å²) in [5.74, 6) is 0.718. The Morgan fingerprint density at radius 2 is 1.72 bits per heavy atom. The summed E-state index contributed by atoms with van der Waals surface area (Å²) in [4.78, 5) is 24.0. The molecule has 1 aliphatic heterocycles. The van der Waals surface area contributed by atoms with Crippen molar-refractivity contribution < 1.29 is 19.4 Å². The molecule has 4 aromatic carbocycles. The molecule has 5 rings (SSSR count). The SMILES string of the molecule is [N-]=[N+]=Nc1ccccc1C[C@]1(C(=O)NCc2ccccc2Sc2ccccc2)COC(c2ccc(OCCCO)cc2)=N1. The van der Waals surface area contributed by atoms with Gasteiger partial charge in [0, 0.05) is 51.9 Å². The molecule has 0 aromatic heterocycles. The maximum atomic E-state index is 14.0. The highest BCUT2D eigenvalue weighted by molar-refractivity contribution is 7.99. The lowest BCUT2D eigenvalue weighted by molar-refractivity contribution is -0.126. The van der Waals surface area contributed by atoms with Gasteiger partial charge >= 0.3 is 0 Å². The Morgan fingerprint density at radius 1 is 1.00 bits per heavy atom. The Kier molecular flexibility index (Phi) is 9.97. The first-order valence-electron chi connectivity index (χ1n) is 13.9. The number of aliphatic hydroxyl groups is 1. The summed E-state index contributed by atoms with van der Waals surface area (Å²) in [6.07, 6.45) is 0.724. The van der Waals surface area contributed by atoms with Crippen LogP contribution in [0, 0.1) is 0 Å². The second-order valence-electron chi connectivity index (χ2n) is 9.89. The Bertz CT molecular complexity index is 1620. The van der Waals surface area contributed by atoms with E-state index < -0.39 is 5.54 Å². The zero-order valence-corrected chi connectivity index (χ0v) is 24.2. The van der Waals surface area contributed by atoms with Crippen molar-refractivity contribution in [2.75, 3.05) is 19.8 Å². The fourth-order valence-corrected chi connectivity index (χ4v) is 5.62. The molecule has 10 heteroatoms. The summed E-state index contributed by atoms with van der Waals surface area (Å²) in [6.45, 7) is 0.800. The number of aliphatic imine (C=N–C) groups is 1. The summed E-state index contributed by atoms with van der Waals surface area (Å²) in [5, 5.41) is 15.9. The Balaban J connectivity index is 1.40. The first-order valence-corrected chi connectivity index (χ1v) is 14.7. The third kappa shape index (κ3) is 7.55. The highest BCUT2D eigenvalue weighted by Crippen LogP contribution is 2.33. The number of hydrogen-bond acceptors (Lipinski definition) is 7. The van der Waals surface area contributed by atoms with Crippen molar-refractivity contribution in [2.24, 2.45) is 10.1 Å². The van der Waals surface area contributed by atoms with Gasteiger partial charge in [-0.25, -0.2) is 4.99 Å². The molecule has 0 radical (unpaired) electrons. The predicted octanol–water partition coefficient (Wildman–Crippen LogP) is 6.62. The van der Waals surface area contributed by atoms with Crippen LogP contribution < -0.4 is 10.1 Å². The van der Waals surface area contributed by atoms with Gasteiger partial charge < -0.3 is 19.9 Å². The highest BCUT2D eigenvalue weighted by atomic mass is 32.2. The van der Waals surface area contributed by atoms with Crippen molar-refractivity contribution in [3.05, 3.63) is 130 Å². The predicted molar refractivity (Wildman–Crippen MR) is 167 cm³/mol. The van der Waals surface area contributed by atoms with E-state index in [-0.39, 0.29) is 25.5 Å². The monoisotopic (exact) mass is 593 g/mol. The van der Waals surface area contributed by atoms with Crippen LogP contribution in [0.3, 0.4) is 0 Å². The van der Waals surface area contributed by atoms with Crippen molar-refractivity contribution >= 4 is 29.3 Å². The number of benzene rings is 4. The Labute approximate surface area is 254 Å². The first kappa shape index (κ1) is 29.7. The van der Waals surface area contributed by atoms with E-state index in [0.29, 0.717) is 48.0 Å². The number of aliphatic hydroxyl groups excluding tert-OH is 1. The van der Waals surface area contributed by atoms with Crippen molar-refractivity contribution in [2.45, 2.75) is 34.7 Å². The number of carbonyl (C=O) groups is 1. The molecular formula is C33H31N5O4S. The molecule has 1 aliphatic rings. The van der Waals surface area contributed by atoms with Crippen molar-refractivity contribution in [3.63, 3.8) is 0 Å². The number of hydrogen-bond donors (Lipinski definition) is 2. The Hall–Kier alpha value is -4.76.